The Balaban J connectivity index is 0.603. The molecule has 32 heteroatoms. The molecule has 2 amide bonds. The smallest absolute Gasteiger partial charge is 0.478 e. The molecule has 494 valence electrons. The van der Waals surface area contributed by atoms with Gasteiger partial charge >= 0.3 is 35.1 Å². The van der Waals surface area contributed by atoms with Crippen LogP contribution < -0.4 is 46.7 Å². The molecule has 0 radical (unpaired) electrons. The van der Waals surface area contributed by atoms with Crippen molar-refractivity contribution < 1.29 is 99.1 Å². The van der Waals surface area contributed by atoms with Gasteiger partial charge in [-0.3, -0.25) is 28.5 Å². The number of hydrogen-bond acceptors (Lipinski definition) is 19. The molecular formula is C59H76N6O23P3+. The molecule has 6 aliphatic rings. The molecule has 3 aromatic carbocycles. The lowest BCUT2D eigenvalue weighted by Gasteiger charge is -2.39. The second-order valence-electron chi connectivity index (χ2n) is 22.8. The largest absolute Gasteiger partial charge is 0.490 e. The van der Waals surface area contributed by atoms with Crippen LogP contribution >= 0.6 is 23.5 Å². The first-order valence-electron chi connectivity index (χ1n) is 30.2. The van der Waals surface area contributed by atoms with Crippen LogP contribution in [0.15, 0.2) is 58.3 Å². The average molecular weight is 1330 g/mol. The van der Waals surface area contributed by atoms with Gasteiger partial charge in [-0.25, -0.2) is 27.9 Å². The highest BCUT2D eigenvalue weighted by molar-refractivity contribution is 7.66. The zero-order valence-electron chi connectivity index (χ0n) is 50.3. The van der Waals surface area contributed by atoms with Gasteiger partial charge in [0.25, 0.3) is 11.5 Å². The lowest BCUT2D eigenvalue weighted by Crippen LogP contribution is -2.45. The summed E-state index contributed by atoms with van der Waals surface area (Å²) in [5, 5.41) is 18.6. The van der Waals surface area contributed by atoms with Crippen molar-refractivity contribution in [1.29, 1.82) is 0 Å². The fraction of sp³-hybridized carbons (Fsp3) is 0.525. The Hall–Kier alpha value is -6.07. The number of phosphoric ester groups is 1. The molecule has 8 N–H and O–H groups in total. The number of benzene rings is 3. The Morgan fingerprint density at radius 2 is 1.45 bits per heavy atom. The number of amides is 2. The molecule has 5 atom stereocenters. The summed E-state index contributed by atoms with van der Waals surface area (Å²) in [6.07, 6.45) is 5.90. The van der Waals surface area contributed by atoms with E-state index in [2.05, 4.69) is 52.4 Å². The van der Waals surface area contributed by atoms with Gasteiger partial charge in [0.05, 0.1) is 83.3 Å². The Morgan fingerprint density at radius 3 is 2.18 bits per heavy atom. The summed E-state index contributed by atoms with van der Waals surface area (Å²) in [5.74, 6) is -0.185. The summed E-state index contributed by atoms with van der Waals surface area (Å²) in [6.45, 7) is 10.7. The number of ether oxygens (including phenoxy) is 7. The molecule has 91 heavy (non-hydrogen) atoms. The second-order valence-corrected chi connectivity index (χ2v) is 27.2. The van der Waals surface area contributed by atoms with Crippen LogP contribution in [0.1, 0.15) is 111 Å². The Morgan fingerprint density at radius 1 is 0.769 bits per heavy atom. The van der Waals surface area contributed by atoms with Crippen molar-refractivity contribution in [2.24, 2.45) is 0 Å². The third kappa shape index (κ3) is 17.0. The van der Waals surface area contributed by atoms with Crippen LogP contribution in [-0.4, -0.2) is 170 Å². The summed E-state index contributed by atoms with van der Waals surface area (Å²) in [5.41, 5.74) is 7.98. The van der Waals surface area contributed by atoms with Gasteiger partial charge in [0.15, 0.2) is 0 Å². The normalized spacial score (nSPS) is 19.5. The average Bonchev–Trinajstić information content (AvgIpc) is 1.21. The summed E-state index contributed by atoms with van der Waals surface area (Å²) < 4.78 is 92.3. The number of hydrogen-bond donors (Lipinski definition) is 8. The number of carboxylic acids is 1. The van der Waals surface area contributed by atoms with Gasteiger partial charge in [0, 0.05) is 102 Å². The number of nitrogens with zero attached hydrogens (tertiary/aromatic N) is 3. The molecule has 3 unspecified atom stereocenters. The van der Waals surface area contributed by atoms with Gasteiger partial charge in [-0.15, -0.1) is 0 Å². The third-order valence-corrected chi connectivity index (χ3v) is 20.2. The van der Waals surface area contributed by atoms with Crippen LogP contribution in [0, 0.1) is 6.92 Å². The van der Waals surface area contributed by atoms with E-state index in [1.807, 2.05) is 0 Å². The SMILES string of the molecule is C=C(CCNC(=O)CCOCCOCCOCCOCCNC(=O)c1ccc(C2=c3cc4c5c(c3Oc3c2cc2c6c3CCCN6CCC2)CCC[N+]=5CCC4)c(C(=O)O)c1)COC1C[C@H](n2cc(C)c(=O)[nH]c2=O)O[C@@H]1COP(=O)(O)OP(=O)(O)OP(=O)(O)O. The molecule has 1 aromatic heterocycles. The maximum absolute atomic E-state index is 13.5. The number of anilines is 1. The van der Waals surface area contributed by atoms with Crippen molar-refractivity contribution in [3.63, 3.8) is 0 Å². The first-order valence-corrected chi connectivity index (χ1v) is 34.8. The number of phosphoric acid groups is 3. The molecule has 4 aromatic rings. The molecule has 0 saturated carbocycles. The van der Waals surface area contributed by atoms with Gasteiger partial charge in [-0.1, -0.05) is 18.2 Å². The molecule has 7 heterocycles. The van der Waals surface area contributed by atoms with E-state index in [0.29, 0.717) is 11.1 Å². The van der Waals surface area contributed by atoms with Crippen molar-refractivity contribution in [3.05, 3.63) is 130 Å². The van der Waals surface area contributed by atoms with E-state index in [4.69, 9.17) is 47.5 Å². The number of fused-ring (bicyclic) bond motifs is 4. The predicted molar refractivity (Wildman–Crippen MR) is 325 cm³/mol. The summed E-state index contributed by atoms with van der Waals surface area (Å²) in [4.78, 5) is 106. The molecule has 1 saturated heterocycles. The summed E-state index contributed by atoms with van der Waals surface area (Å²) in [7, 11) is -17.0. The van der Waals surface area contributed by atoms with Crippen LogP contribution in [0.5, 0.6) is 11.5 Å². The van der Waals surface area contributed by atoms with Crippen molar-refractivity contribution >= 4 is 52.5 Å². The molecule has 0 aliphatic carbocycles. The molecule has 1 fully saturated rings. The van der Waals surface area contributed by atoms with Crippen molar-refractivity contribution in [1.82, 2.24) is 24.8 Å². The van der Waals surface area contributed by atoms with Crippen LogP contribution in [-0.2, 0) is 85.7 Å². The fourth-order valence-electron chi connectivity index (χ4n) is 12.4. The Labute approximate surface area is 522 Å². The van der Waals surface area contributed by atoms with Crippen molar-refractivity contribution in [3.8, 4) is 11.5 Å². The van der Waals surface area contributed by atoms with Gasteiger partial charge < -0.3 is 73.4 Å². The van der Waals surface area contributed by atoms with E-state index < -0.39 is 71.6 Å². The van der Waals surface area contributed by atoms with E-state index in [-0.39, 0.29) is 114 Å². The number of carbonyl (C=O) groups excluding carboxylic acids is 2. The summed E-state index contributed by atoms with van der Waals surface area (Å²) >= 11 is 0. The minimum atomic E-state index is -5.81. The Bertz CT molecular complexity index is 3840. The second kappa shape index (κ2) is 29.9. The quantitative estimate of drug-likeness (QED) is 0.0133. The van der Waals surface area contributed by atoms with E-state index in [1.165, 1.54) is 52.5 Å². The molecule has 0 bridgehead atoms. The highest BCUT2D eigenvalue weighted by atomic mass is 31.3. The number of aryl methyl sites for hydroxylation is 3. The molecular weight excluding hydrogens is 1250 g/mol. The first-order chi connectivity index (χ1) is 43.5. The van der Waals surface area contributed by atoms with Crippen LogP contribution in [0.2, 0.25) is 0 Å². The van der Waals surface area contributed by atoms with E-state index >= 15 is 0 Å². The van der Waals surface area contributed by atoms with Gasteiger partial charge in [0.2, 0.25) is 11.3 Å². The van der Waals surface area contributed by atoms with E-state index in [1.54, 1.807) is 12.1 Å². The number of carbonyl (C=O) groups is 3. The third-order valence-electron chi connectivity index (χ3n) is 16.3. The standard InChI is InChI=1S/C59H75N6O23P3/c1-36(34-83-47-32-50(65-33-37(2)56(67)62-59(65)71)85-48(47)35-84-90(75,76)88-91(77,78)87-89(72,73)74)13-15-60-49(66)14-21-79-23-25-81-27-28-82-26-24-80-22-16-61-57(68)40-11-12-41(44(31-40)58(69)70)51-45-29-38-7-3-17-63-19-5-9-42(52(38)63)54(45)86-55-43-10-6-20-64-18-4-8-39(53(43)64)30-46(51)55/h11-12,29-31,33,47-48,50H,1,3-10,13-28,32,34-35H2,2H3,(H7-,60,61,62,66,67,68,69,70,71,72,73,74,75,76,77,78)/p+1/t47?,48-,50-/m1/s1. The topological polar surface area (TPSA) is 381 Å². The van der Waals surface area contributed by atoms with Crippen LogP contribution in [0.4, 0.5) is 5.69 Å². The fourth-order valence-corrected chi connectivity index (χ4v) is 15.4. The maximum atomic E-state index is 13.5. The summed E-state index contributed by atoms with van der Waals surface area (Å²) in [6, 6.07) is 9.44. The molecule has 29 nitrogen and oxygen atoms in total. The van der Waals surface area contributed by atoms with Crippen molar-refractivity contribution in [2.75, 3.05) is 110 Å². The Kier molecular flexibility index (Phi) is 22.3. The minimum Gasteiger partial charge on any atom is -0.478 e. The lowest BCUT2D eigenvalue weighted by molar-refractivity contribution is -0.122. The zero-order chi connectivity index (χ0) is 64.6. The minimum absolute atomic E-state index is 0.0441. The predicted octanol–water partition coefficient (Wildman–Crippen LogP) is 2.94. The highest BCUT2D eigenvalue weighted by Crippen LogP contribution is 2.66. The number of rotatable bonds is 32. The van der Waals surface area contributed by atoms with Gasteiger partial charge in [-0.2, -0.15) is 8.62 Å². The highest BCUT2D eigenvalue weighted by Gasteiger charge is 2.44. The molecule has 6 aliphatic heterocycles. The lowest BCUT2D eigenvalue weighted by atomic mass is 9.81. The monoisotopic (exact) mass is 1330 g/mol. The maximum Gasteiger partial charge on any atom is 0.490 e. The molecule has 0 spiro atoms. The van der Waals surface area contributed by atoms with Crippen LogP contribution in [0.25, 0.3) is 5.57 Å². The number of nitrogens with one attached hydrogen (secondary N) is 3. The number of H-pyrrole nitrogens is 1. The molecule has 10 rings (SSSR count). The number of aromatic amines is 1. The number of aromatic carboxylic acids is 1. The number of carboxylic acid groups (broad SMARTS) is 1. The van der Waals surface area contributed by atoms with Gasteiger partial charge in [0.1, 0.15) is 36.9 Å². The zero-order valence-corrected chi connectivity index (χ0v) is 52.9. The van der Waals surface area contributed by atoms with Crippen LogP contribution in [0.3, 0.4) is 0 Å². The first kappa shape index (κ1) is 67.8. The van der Waals surface area contributed by atoms with E-state index in [0.717, 1.165) is 110 Å². The van der Waals surface area contributed by atoms with Crippen molar-refractivity contribution in [2.45, 2.75) is 96.0 Å². The van der Waals surface area contributed by atoms with Gasteiger partial charge in [-0.05, 0) is 87.3 Å². The van der Waals surface area contributed by atoms with E-state index in [9.17, 15) is 52.6 Å². The number of aromatic nitrogens is 2.